The number of carbonyl (C=O) groups is 1. The number of piperidine rings is 1. The van der Waals surface area contributed by atoms with Crippen LogP contribution in [0, 0.1) is 0 Å². The lowest BCUT2D eigenvalue weighted by Gasteiger charge is -2.26. The Bertz CT molecular complexity index is 838. The van der Waals surface area contributed by atoms with Crippen LogP contribution in [0.15, 0.2) is 30.5 Å². The first-order valence-electron chi connectivity index (χ1n) is 9.46. The molecule has 1 unspecified atom stereocenters. The molecule has 0 saturated carbocycles. The Balaban J connectivity index is 1.75. The standard InChI is InChI=1S/C21H26ClN3O3/c1-14(17-8-7-16(27-2)12-19(17)28-3)24-20-18(22)11-15(13-23-20)21(26)25-9-5-4-6-10-25/h7-8,11-14H,4-6,9-10H2,1-3H3,(H,23,24). The molecule has 2 heterocycles. The molecule has 1 aromatic carbocycles. The number of halogens is 1. The second-order valence-corrected chi connectivity index (χ2v) is 7.29. The number of benzene rings is 1. The largest absolute Gasteiger partial charge is 0.497 e. The highest BCUT2D eigenvalue weighted by Gasteiger charge is 2.20. The fourth-order valence-electron chi connectivity index (χ4n) is 3.40. The molecule has 1 saturated heterocycles. The normalized spacial score (nSPS) is 15.1. The molecule has 1 aliphatic heterocycles. The number of likely N-dealkylation sites (tertiary alicyclic amines) is 1. The molecule has 1 fully saturated rings. The quantitative estimate of drug-likeness (QED) is 0.766. The zero-order chi connectivity index (χ0) is 20.1. The van der Waals surface area contributed by atoms with Crippen LogP contribution in [-0.2, 0) is 0 Å². The Morgan fingerprint density at radius 1 is 1.18 bits per heavy atom. The van der Waals surface area contributed by atoms with Crippen molar-refractivity contribution in [1.82, 2.24) is 9.88 Å². The summed E-state index contributed by atoms with van der Waals surface area (Å²) < 4.78 is 10.7. The smallest absolute Gasteiger partial charge is 0.255 e. The maximum absolute atomic E-state index is 12.6. The molecule has 0 bridgehead atoms. The molecule has 6 nitrogen and oxygen atoms in total. The minimum Gasteiger partial charge on any atom is -0.497 e. The van der Waals surface area contributed by atoms with Gasteiger partial charge in [-0.05, 0) is 44.4 Å². The number of nitrogens with zero attached hydrogens (tertiary/aromatic N) is 2. The van der Waals surface area contributed by atoms with E-state index in [0.29, 0.717) is 22.2 Å². The third-order valence-electron chi connectivity index (χ3n) is 4.99. The van der Waals surface area contributed by atoms with Gasteiger partial charge in [-0.3, -0.25) is 4.79 Å². The highest BCUT2D eigenvalue weighted by atomic mass is 35.5. The number of nitrogens with one attached hydrogen (secondary N) is 1. The van der Waals surface area contributed by atoms with E-state index in [0.717, 1.165) is 37.2 Å². The molecule has 0 aliphatic carbocycles. The molecule has 2 aromatic rings. The van der Waals surface area contributed by atoms with Gasteiger partial charge in [-0.25, -0.2) is 4.98 Å². The van der Waals surface area contributed by atoms with Crippen molar-refractivity contribution in [2.45, 2.75) is 32.2 Å². The van der Waals surface area contributed by atoms with Gasteiger partial charge in [0.25, 0.3) is 5.91 Å². The third kappa shape index (κ3) is 4.50. The number of carbonyl (C=O) groups excluding carboxylic acids is 1. The molecular weight excluding hydrogens is 378 g/mol. The van der Waals surface area contributed by atoms with Crippen molar-refractivity contribution in [2.75, 3.05) is 32.6 Å². The number of pyridine rings is 1. The van der Waals surface area contributed by atoms with E-state index in [1.54, 1.807) is 26.5 Å². The molecular formula is C21H26ClN3O3. The number of anilines is 1. The maximum Gasteiger partial charge on any atom is 0.255 e. The van der Waals surface area contributed by atoms with Gasteiger partial charge in [-0.1, -0.05) is 11.6 Å². The first-order valence-corrected chi connectivity index (χ1v) is 9.84. The van der Waals surface area contributed by atoms with E-state index in [1.807, 2.05) is 30.0 Å². The number of hydrogen-bond acceptors (Lipinski definition) is 5. The second-order valence-electron chi connectivity index (χ2n) is 6.88. The molecule has 1 amide bonds. The van der Waals surface area contributed by atoms with Crippen molar-refractivity contribution in [3.05, 3.63) is 46.6 Å². The average molecular weight is 404 g/mol. The second kappa shape index (κ2) is 9.15. The summed E-state index contributed by atoms with van der Waals surface area (Å²) in [6.07, 6.45) is 4.86. The van der Waals surface area contributed by atoms with Gasteiger partial charge in [0.2, 0.25) is 0 Å². The van der Waals surface area contributed by atoms with Crippen molar-refractivity contribution in [1.29, 1.82) is 0 Å². The first-order chi connectivity index (χ1) is 13.5. The fourth-order valence-corrected chi connectivity index (χ4v) is 3.62. The molecule has 28 heavy (non-hydrogen) atoms. The van der Waals surface area contributed by atoms with Crippen LogP contribution in [-0.4, -0.2) is 43.1 Å². The van der Waals surface area contributed by atoms with E-state index < -0.39 is 0 Å². The Kier molecular flexibility index (Phi) is 6.62. The van der Waals surface area contributed by atoms with Gasteiger partial charge in [0.1, 0.15) is 17.3 Å². The van der Waals surface area contributed by atoms with E-state index in [1.165, 1.54) is 6.42 Å². The Morgan fingerprint density at radius 3 is 2.57 bits per heavy atom. The predicted molar refractivity (Wildman–Crippen MR) is 111 cm³/mol. The zero-order valence-corrected chi connectivity index (χ0v) is 17.3. The summed E-state index contributed by atoms with van der Waals surface area (Å²) in [6, 6.07) is 7.24. The van der Waals surface area contributed by atoms with E-state index in [4.69, 9.17) is 21.1 Å². The third-order valence-corrected chi connectivity index (χ3v) is 5.28. The summed E-state index contributed by atoms with van der Waals surface area (Å²) >= 11 is 6.42. The number of aromatic nitrogens is 1. The lowest BCUT2D eigenvalue weighted by atomic mass is 10.1. The van der Waals surface area contributed by atoms with Crippen LogP contribution in [0.1, 0.15) is 48.1 Å². The first kappa shape index (κ1) is 20.3. The Morgan fingerprint density at radius 2 is 1.93 bits per heavy atom. The van der Waals surface area contributed by atoms with Crippen LogP contribution in [0.2, 0.25) is 5.02 Å². The number of amides is 1. The van der Waals surface area contributed by atoms with Crippen LogP contribution in [0.5, 0.6) is 11.5 Å². The molecule has 0 radical (unpaired) electrons. The lowest BCUT2D eigenvalue weighted by Crippen LogP contribution is -2.35. The van der Waals surface area contributed by atoms with Crippen molar-refractivity contribution < 1.29 is 14.3 Å². The van der Waals surface area contributed by atoms with Crippen LogP contribution >= 0.6 is 11.6 Å². The van der Waals surface area contributed by atoms with E-state index >= 15 is 0 Å². The van der Waals surface area contributed by atoms with Gasteiger partial charge in [-0.2, -0.15) is 0 Å². The van der Waals surface area contributed by atoms with Gasteiger partial charge >= 0.3 is 0 Å². The van der Waals surface area contributed by atoms with Gasteiger partial charge in [-0.15, -0.1) is 0 Å². The van der Waals surface area contributed by atoms with Crippen molar-refractivity contribution in [2.24, 2.45) is 0 Å². The van der Waals surface area contributed by atoms with Crippen LogP contribution in [0.3, 0.4) is 0 Å². The SMILES string of the molecule is COc1ccc(C(C)Nc2ncc(C(=O)N3CCCCC3)cc2Cl)c(OC)c1. The monoisotopic (exact) mass is 403 g/mol. The molecule has 0 spiro atoms. The minimum atomic E-state index is -0.102. The van der Waals surface area contributed by atoms with Gasteiger partial charge in [0.15, 0.2) is 0 Å². The highest BCUT2D eigenvalue weighted by molar-refractivity contribution is 6.33. The highest BCUT2D eigenvalue weighted by Crippen LogP contribution is 2.32. The molecule has 3 rings (SSSR count). The molecule has 7 heteroatoms. The lowest BCUT2D eigenvalue weighted by molar-refractivity contribution is 0.0724. The topological polar surface area (TPSA) is 63.7 Å². The Hall–Kier alpha value is -2.47. The van der Waals surface area contributed by atoms with Crippen molar-refractivity contribution >= 4 is 23.3 Å². The summed E-state index contributed by atoms with van der Waals surface area (Å²) in [7, 11) is 3.24. The predicted octanol–water partition coefficient (Wildman–Crippen LogP) is 4.55. The van der Waals surface area contributed by atoms with Crippen LogP contribution in [0.25, 0.3) is 0 Å². The van der Waals surface area contributed by atoms with Gasteiger partial charge in [0, 0.05) is 30.9 Å². The van der Waals surface area contributed by atoms with E-state index in [2.05, 4.69) is 10.3 Å². The molecule has 1 aliphatic rings. The summed E-state index contributed by atoms with van der Waals surface area (Å²) in [5.41, 5.74) is 1.47. The summed E-state index contributed by atoms with van der Waals surface area (Å²) in [5, 5.41) is 3.71. The summed E-state index contributed by atoms with van der Waals surface area (Å²) in [4.78, 5) is 18.9. The average Bonchev–Trinajstić information content (AvgIpc) is 2.74. The van der Waals surface area contributed by atoms with E-state index in [-0.39, 0.29) is 11.9 Å². The maximum atomic E-state index is 12.6. The fraction of sp³-hybridized carbons (Fsp3) is 0.429. The summed E-state index contributed by atoms with van der Waals surface area (Å²) in [5.74, 6) is 1.96. The molecule has 150 valence electrons. The number of ether oxygens (including phenoxy) is 2. The number of methoxy groups -OCH3 is 2. The zero-order valence-electron chi connectivity index (χ0n) is 16.5. The summed E-state index contributed by atoms with van der Waals surface area (Å²) in [6.45, 7) is 3.59. The molecule has 1 aromatic heterocycles. The minimum absolute atomic E-state index is 0.00878. The van der Waals surface area contributed by atoms with Gasteiger partial charge in [0.05, 0.1) is 30.8 Å². The van der Waals surface area contributed by atoms with Gasteiger partial charge < -0.3 is 19.7 Å². The Labute approximate surface area is 170 Å². The van der Waals surface area contributed by atoms with E-state index in [9.17, 15) is 4.79 Å². The van der Waals surface area contributed by atoms with Crippen molar-refractivity contribution in [3.63, 3.8) is 0 Å². The number of rotatable bonds is 6. The van der Waals surface area contributed by atoms with Crippen LogP contribution in [0.4, 0.5) is 5.82 Å². The molecule has 1 atom stereocenters. The molecule has 1 N–H and O–H groups in total. The van der Waals surface area contributed by atoms with Crippen molar-refractivity contribution in [3.8, 4) is 11.5 Å². The van der Waals surface area contributed by atoms with Crippen LogP contribution < -0.4 is 14.8 Å². The number of hydrogen-bond donors (Lipinski definition) is 1.